The van der Waals surface area contributed by atoms with Crippen LogP contribution in [-0.4, -0.2) is 89.7 Å². The number of nitrogens with zero attached hydrogens (tertiary/aromatic N) is 7. The number of anilines is 3. The summed E-state index contributed by atoms with van der Waals surface area (Å²) in [6, 6.07) is 7.51. The van der Waals surface area contributed by atoms with Gasteiger partial charge in [-0.2, -0.15) is 0 Å². The Morgan fingerprint density at radius 1 is 1.07 bits per heavy atom. The van der Waals surface area contributed by atoms with Crippen LogP contribution in [-0.2, 0) is 14.8 Å². The average Bonchev–Trinajstić information content (AvgIpc) is 3.49. The lowest BCUT2D eigenvalue weighted by molar-refractivity contribution is 0.0981. The molecule has 3 aliphatic rings. The van der Waals surface area contributed by atoms with Crippen molar-refractivity contribution >= 4 is 27.3 Å². The molecule has 2 aromatic heterocycles. The van der Waals surface area contributed by atoms with Crippen molar-refractivity contribution in [2.24, 2.45) is 5.41 Å². The Morgan fingerprint density at radius 2 is 1.88 bits per heavy atom. The molecule has 2 aliphatic heterocycles. The molecule has 3 aromatic rings. The third-order valence-corrected chi connectivity index (χ3v) is 9.47. The summed E-state index contributed by atoms with van der Waals surface area (Å²) < 4.78 is 34.6. The first-order valence-corrected chi connectivity index (χ1v) is 15.5. The van der Waals surface area contributed by atoms with Crippen LogP contribution in [0.3, 0.4) is 0 Å². The van der Waals surface area contributed by atoms with Crippen molar-refractivity contribution in [2.45, 2.75) is 45.6 Å². The summed E-state index contributed by atoms with van der Waals surface area (Å²) in [5.74, 6) is 0.301. The van der Waals surface area contributed by atoms with Gasteiger partial charge in [-0.05, 0) is 69.2 Å². The summed E-state index contributed by atoms with van der Waals surface area (Å²) >= 11 is 0. The molecular formula is C27H36N8O4S. The van der Waals surface area contributed by atoms with Crippen LogP contribution >= 0.6 is 0 Å². The molecule has 2 saturated heterocycles. The predicted octanol–water partition coefficient (Wildman–Crippen LogP) is 2.37. The van der Waals surface area contributed by atoms with E-state index in [4.69, 9.17) is 14.8 Å². The van der Waals surface area contributed by atoms with Gasteiger partial charge in [0.05, 0.1) is 60.6 Å². The van der Waals surface area contributed by atoms with Crippen molar-refractivity contribution in [1.29, 1.82) is 0 Å². The van der Waals surface area contributed by atoms with Crippen LogP contribution in [0, 0.1) is 12.3 Å². The first-order valence-electron chi connectivity index (χ1n) is 13.9. The number of morpholine rings is 1. The third kappa shape index (κ3) is 5.63. The molecule has 3 fully saturated rings. The molecule has 1 spiro atoms. The van der Waals surface area contributed by atoms with Crippen LogP contribution in [0.25, 0.3) is 17.1 Å². The molecule has 0 radical (unpaired) electrons. The molecule has 0 bridgehead atoms. The molecule has 12 nitrogen and oxygen atoms in total. The molecule has 4 heterocycles. The van der Waals surface area contributed by atoms with Gasteiger partial charge in [-0.25, -0.2) is 23.1 Å². The summed E-state index contributed by atoms with van der Waals surface area (Å²) in [5, 5.41) is 18.1. The third-order valence-electron chi connectivity index (χ3n) is 8.20. The quantitative estimate of drug-likeness (QED) is 0.416. The highest BCUT2D eigenvalue weighted by atomic mass is 32.2. The maximum Gasteiger partial charge on any atom is 0.234 e. The number of benzene rings is 1. The highest BCUT2D eigenvalue weighted by Crippen LogP contribution is 2.54. The molecule has 1 atom stereocenters. The highest BCUT2D eigenvalue weighted by Gasteiger charge is 2.44. The number of aromatic nitrogens is 5. The topological polar surface area (TPSA) is 139 Å². The Hall–Kier alpha value is -3.29. The number of nitrogens with one attached hydrogen (secondary N) is 1. The molecule has 13 heteroatoms. The summed E-state index contributed by atoms with van der Waals surface area (Å²) in [4.78, 5) is 14.0. The second-order valence-corrected chi connectivity index (χ2v) is 13.0. The van der Waals surface area contributed by atoms with Gasteiger partial charge < -0.3 is 19.6 Å². The second-order valence-electron chi connectivity index (χ2n) is 11.2. The van der Waals surface area contributed by atoms with Gasteiger partial charge in [0.1, 0.15) is 5.69 Å². The summed E-state index contributed by atoms with van der Waals surface area (Å²) in [6.07, 6.45) is 6.70. The van der Waals surface area contributed by atoms with Gasteiger partial charge >= 0.3 is 0 Å². The number of sulfonamides is 1. The maximum absolute atomic E-state index is 12.4. The molecule has 1 aliphatic carbocycles. The summed E-state index contributed by atoms with van der Waals surface area (Å²) in [7, 11) is -3.65. The van der Waals surface area contributed by atoms with Crippen molar-refractivity contribution in [1.82, 2.24) is 25.0 Å². The summed E-state index contributed by atoms with van der Waals surface area (Å²) in [6.45, 7) is 7.40. The van der Waals surface area contributed by atoms with Gasteiger partial charge in [0.25, 0.3) is 0 Å². The minimum atomic E-state index is -3.65. The number of aryl methyl sites for hydroxylation is 1. The van der Waals surface area contributed by atoms with E-state index in [1.54, 1.807) is 10.7 Å². The van der Waals surface area contributed by atoms with Crippen LogP contribution in [0.2, 0.25) is 0 Å². The van der Waals surface area contributed by atoms with Crippen LogP contribution in [0.1, 0.15) is 38.3 Å². The molecule has 1 saturated carbocycles. The zero-order valence-electron chi connectivity index (χ0n) is 23.0. The van der Waals surface area contributed by atoms with E-state index in [0.29, 0.717) is 41.7 Å². The number of ether oxygens (including phenoxy) is 1. The Bertz CT molecular complexity index is 1480. The first-order chi connectivity index (χ1) is 19.2. The van der Waals surface area contributed by atoms with E-state index in [1.165, 1.54) is 12.8 Å². The lowest BCUT2D eigenvalue weighted by atomic mass is 9.93. The summed E-state index contributed by atoms with van der Waals surface area (Å²) in [5.41, 5.74) is 4.81. The fraction of sp³-hybridized carbons (Fsp3) is 0.556. The van der Waals surface area contributed by atoms with Crippen LogP contribution in [0.4, 0.5) is 17.3 Å². The monoisotopic (exact) mass is 568 g/mol. The molecule has 6 rings (SSSR count). The van der Waals surface area contributed by atoms with Crippen LogP contribution in [0.5, 0.6) is 0 Å². The Labute approximate surface area is 234 Å². The normalized spacial score (nSPS) is 20.6. The van der Waals surface area contributed by atoms with E-state index in [9.17, 15) is 8.42 Å². The molecular weight excluding hydrogens is 532 g/mol. The minimum Gasteiger partial charge on any atom is -0.395 e. The minimum absolute atomic E-state index is 0.175. The molecule has 214 valence electrons. The molecule has 0 amide bonds. The van der Waals surface area contributed by atoms with E-state index in [0.717, 1.165) is 49.5 Å². The standard InChI is InChI=1S/C27H36N8O4S/c1-19-15-22(29-26(28-19)34-11-13-39-18-20(34)2)23-17-35(32-30-23)24-4-3-21(31-40(37,38)14-12-36)16-25(24)33-9-7-27(5-6-27)8-10-33/h3-4,15-17,20,31,36H,5-14,18H2,1-2H3. The maximum atomic E-state index is 12.4. The zero-order valence-corrected chi connectivity index (χ0v) is 23.8. The van der Waals surface area contributed by atoms with Gasteiger partial charge in [0.15, 0.2) is 0 Å². The molecule has 1 unspecified atom stereocenters. The second kappa shape index (κ2) is 10.6. The number of aliphatic hydroxyl groups excluding tert-OH is 1. The van der Waals surface area contributed by atoms with E-state index in [2.05, 4.69) is 36.7 Å². The molecule has 2 N–H and O–H groups in total. The molecule has 40 heavy (non-hydrogen) atoms. The lowest BCUT2D eigenvalue weighted by Crippen LogP contribution is -2.44. The fourth-order valence-corrected chi connectivity index (χ4v) is 6.45. The van der Waals surface area contributed by atoms with Gasteiger partial charge in [-0.15, -0.1) is 5.10 Å². The van der Waals surface area contributed by atoms with Gasteiger partial charge in [0.2, 0.25) is 16.0 Å². The van der Waals surface area contributed by atoms with E-state index < -0.39 is 16.6 Å². The Balaban J connectivity index is 1.32. The highest BCUT2D eigenvalue weighted by molar-refractivity contribution is 7.92. The van der Waals surface area contributed by atoms with Gasteiger partial charge in [-0.3, -0.25) is 4.72 Å². The van der Waals surface area contributed by atoms with E-state index >= 15 is 0 Å². The van der Waals surface area contributed by atoms with Crippen molar-refractivity contribution in [3.05, 3.63) is 36.2 Å². The van der Waals surface area contributed by atoms with E-state index in [1.807, 2.05) is 31.3 Å². The number of rotatable bonds is 8. The molecule has 1 aromatic carbocycles. The number of hydrogen-bond acceptors (Lipinski definition) is 10. The Kier molecular flexibility index (Phi) is 7.13. The van der Waals surface area contributed by atoms with E-state index in [-0.39, 0.29) is 11.8 Å². The smallest absolute Gasteiger partial charge is 0.234 e. The van der Waals surface area contributed by atoms with Gasteiger partial charge in [-0.1, -0.05) is 5.21 Å². The lowest BCUT2D eigenvalue weighted by Gasteiger charge is -2.35. The average molecular weight is 569 g/mol. The van der Waals surface area contributed by atoms with Crippen LogP contribution < -0.4 is 14.5 Å². The number of hydrogen-bond donors (Lipinski definition) is 2. The first kappa shape index (κ1) is 26.9. The SMILES string of the molecule is Cc1cc(-c2cn(-c3ccc(NS(=O)(=O)CCO)cc3N3CCC4(CC3)CC4)nn2)nc(N2CCOCC2C)n1. The largest absolute Gasteiger partial charge is 0.395 e. The van der Waals surface area contributed by atoms with Crippen molar-refractivity contribution in [3.63, 3.8) is 0 Å². The van der Waals surface area contributed by atoms with Crippen LogP contribution in [0.15, 0.2) is 30.5 Å². The number of aliphatic hydroxyl groups is 1. The van der Waals surface area contributed by atoms with Crippen molar-refractivity contribution in [3.8, 4) is 17.1 Å². The number of piperidine rings is 1. The van der Waals surface area contributed by atoms with Crippen molar-refractivity contribution < 1.29 is 18.3 Å². The fourth-order valence-electron chi connectivity index (χ4n) is 5.62. The Morgan fingerprint density at radius 3 is 2.60 bits per heavy atom. The predicted molar refractivity (Wildman–Crippen MR) is 152 cm³/mol. The zero-order chi connectivity index (χ0) is 27.9. The van der Waals surface area contributed by atoms with Crippen molar-refractivity contribution in [2.75, 3.05) is 59.7 Å². The van der Waals surface area contributed by atoms with Gasteiger partial charge in [0, 0.05) is 25.3 Å².